The van der Waals surface area contributed by atoms with E-state index in [4.69, 9.17) is 20.7 Å². The minimum absolute atomic E-state index is 0.567. The van der Waals surface area contributed by atoms with Crippen molar-refractivity contribution >= 4 is 19.0 Å². The van der Waals surface area contributed by atoms with Crippen molar-refractivity contribution in [3.05, 3.63) is 35.9 Å². The topological polar surface area (TPSA) is 29.5 Å². The van der Waals surface area contributed by atoms with Crippen LogP contribution in [0.5, 0.6) is 0 Å². The van der Waals surface area contributed by atoms with Crippen LogP contribution in [0.4, 0.5) is 0 Å². The summed E-state index contributed by atoms with van der Waals surface area (Å²) in [6.07, 6.45) is 5.65. The number of hydrogen-bond donors (Lipinski definition) is 1. The highest BCUT2D eigenvalue weighted by Gasteiger charge is 1.98. The Morgan fingerprint density at radius 1 is 1.06 bits per heavy atom. The highest BCUT2D eigenvalue weighted by Crippen LogP contribution is 2.36. The maximum Gasteiger partial charge on any atom is 0.274 e. The van der Waals surface area contributed by atoms with E-state index in [1.165, 1.54) is 18.4 Å². The molecule has 0 saturated carbocycles. The Bertz CT molecular complexity index is 267. The molecule has 0 amide bonds. The van der Waals surface area contributed by atoms with Crippen LogP contribution in [0.3, 0.4) is 0 Å². The van der Waals surface area contributed by atoms with Gasteiger partial charge >= 0.3 is 0 Å². The molecule has 1 rings (SSSR count). The molecule has 90 valence electrons. The number of benzene rings is 1. The molecule has 1 unspecified atom stereocenters. The lowest BCUT2D eigenvalue weighted by Crippen LogP contribution is -1.89. The molecular weight excluding hydrogens is 243 g/mol. The molecule has 0 aromatic heterocycles. The van der Waals surface area contributed by atoms with Gasteiger partial charge in [0.25, 0.3) is 7.73 Å². The highest BCUT2D eigenvalue weighted by atomic mass is 35.7. The summed E-state index contributed by atoms with van der Waals surface area (Å²) < 4.78 is 4.89. The van der Waals surface area contributed by atoms with Crippen LogP contribution in [0.15, 0.2) is 30.3 Å². The average Bonchev–Trinajstić information content (AvgIpc) is 2.29. The van der Waals surface area contributed by atoms with Crippen molar-refractivity contribution in [2.24, 2.45) is 0 Å². The minimum atomic E-state index is -1.69. The summed E-state index contributed by atoms with van der Waals surface area (Å²) in [5, 5.41) is 0. The van der Waals surface area contributed by atoms with Crippen LogP contribution < -0.4 is 0 Å². The highest BCUT2D eigenvalue weighted by molar-refractivity contribution is 7.75. The third-order valence-corrected chi connectivity index (χ3v) is 3.09. The quantitative estimate of drug-likeness (QED) is 0.559. The summed E-state index contributed by atoms with van der Waals surface area (Å²) in [5.74, 6) is 0. The monoisotopic (exact) mass is 260 g/mol. The molecule has 0 aliphatic heterocycles. The summed E-state index contributed by atoms with van der Waals surface area (Å²) in [6, 6.07) is 10.5. The van der Waals surface area contributed by atoms with Crippen LogP contribution >= 0.6 is 19.0 Å². The Labute approximate surface area is 103 Å². The molecule has 0 saturated heterocycles. The first kappa shape index (κ1) is 13.9. The second-order valence-corrected chi connectivity index (χ2v) is 5.29. The molecule has 1 aromatic rings. The fourth-order valence-electron chi connectivity index (χ4n) is 1.57. The zero-order valence-electron chi connectivity index (χ0n) is 9.31. The first-order valence-electron chi connectivity index (χ1n) is 5.60. The van der Waals surface area contributed by atoms with Gasteiger partial charge in [0, 0.05) is 0 Å². The van der Waals surface area contributed by atoms with Gasteiger partial charge < -0.3 is 9.42 Å². The molecule has 16 heavy (non-hydrogen) atoms. The van der Waals surface area contributed by atoms with E-state index in [0.717, 1.165) is 19.3 Å². The normalized spacial score (nSPS) is 12.6. The van der Waals surface area contributed by atoms with Gasteiger partial charge in [0.1, 0.15) is 0 Å². The lowest BCUT2D eigenvalue weighted by molar-refractivity contribution is 0.309. The zero-order chi connectivity index (χ0) is 11.6. The van der Waals surface area contributed by atoms with Gasteiger partial charge in [-0.15, -0.1) is 0 Å². The Morgan fingerprint density at radius 2 is 1.75 bits per heavy atom. The third-order valence-electron chi connectivity index (χ3n) is 2.40. The first-order chi connectivity index (χ1) is 7.79. The molecule has 4 heteroatoms. The second-order valence-electron chi connectivity index (χ2n) is 3.71. The fraction of sp³-hybridized carbons (Fsp3) is 0.500. The van der Waals surface area contributed by atoms with E-state index in [2.05, 4.69) is 24.3 Å². The molecule has 0 radical (unpaired) electrons. The van der Waals surface area contributed by atoms with Crippen LogP contribution in [0.25, 0.3) is 0 Å². The first-order valence-corrected chi connectivity index (χ1v) is 7.72. The van der Waals surface area contributed by atoms with E-state index >= 15 is 0 Å². The molecular formula is C12H18ClO2P. The summed E-state index contributed by atoms with van der Waals surface area (Å²) in [7, 11) is -1.69. The van der Waals surface area contributed by atoms with Gasteiger partial charge in [-0.2, -0.15) is 0 Å². The second kappa shape index (κ2) is 8.95. The Hall–Kier alpha value is -0.140. The SMILES string of the molecule is OP(Cl)OCCCCCCc1ccccc1. The van der Waals surface area contributed by atoms with Gasteiger partial charge in [-0.3, -0.25) is 0 Å². The average molecular weight is 261 g/mol. The Morgan fingerprint density at radius 3 is 2.44 bits per heavy atom. The molecule has 0 spiro atoms. The van der Waals surface area contributed by atoms with Crippen LogP contribution in [0, 0.1) is 0 Å². The molecule has 1 atom stereocenters. The Kier molecular flexibility index (Phi) is 7.79. The van der Waals surface area contributed by atoms with Crippen LogP contribution in [0.2, 0.25) is 0 Å². The molecule has 0 fully saturated rings. The molecule has 0 aliphatic carbocycles. The van der Waals surface area contributed by atoms with Crippen molar-refractivity contribution < 1.29 is 9.42 Å². The largest absolute Gasteiger partial charge is 0.338 e. The molecule has 2 nitrogen and oxygen atoms in total. The summed E-state index contributed by atoms with van der Waals surface area (Å²) in [5.41, 5.74) is 1.40. The summed E-state index contributed by atoms with van der Waals surface area (Å²) in [4.78, 5) is 8.71. The molecule has 0 bridgehead atoms. The van der Waals surface area contributed by atoms with Gasteiger partial charge in [-0.1, -0.05) is 43.2 Å². The summed E-state index contributed by atoms with van der Waals surface area (Å²) >= 11 is 5.30. The van der Waals surface area contributed by atoms with E-state index in [-0.39, 0.29) is 0 Å². The molecule has 0 aliphatic rings. The van der Waals surface area contributed by atoms with Crippen molar-refractivity contribution in [2.75, 3.05) is 6.61 Å². The van der Waals surface area contributed by atoms with Gasteiger partial charge in [-0.05, 0) is 36.1 Å². The fourth-order valence-corrected chi connectivity index (χ4v) is 2.06. The molecule has 1 aromatic carbocycles. The smallest absolute Gasteiger partial charge is 0.274 e. The maximum atomic E-state index is 8.71. The number of rotatable bonds is 8. The summed E-state index contributed by atoms with van der Waals surface area (Å²) in [6.45, 7) is 0.567. The van der Waals surface area contributed by atoms with Crippen molar-refractivity contribution in [3.63, 3.8) is 0 Å². The molecule has 1 N–H and O–H groups in total. The lowest BCUT2D eigenvalue weighted by atomic mass is 10.1. The van der Waals surface area contributed by atoms with E-state index in [9.17, 15) is 0 Å². The van der Waals surface area contributed by atoms with Crippen LogP contribution in [-0.2, 0) is 10.9 Å². The molecule has 0 heterocycles. The maximum absolute atomic E-state index is 8.71. The van der Waals surface area contributed by atoms with E-state index in [1.807, 2.05) is 6.07 Å². The van der Waals surface area contributed by atoms with Crippen LogP contribution in [0.1, 0.15) is 31.2 Å². The van der Waals surface area contributed by atoms with Gasteiger partial charge in [-0.25, -0.2) is 0 Å². The van der Waals surface area contributed by atoms with Crippen molar-refractivity contribution in [1.82, 2.24) is 0 Å². The van der Waals surface area contributed by atoms with Gasteiger partial charge in [0.2, 0.25) is 0 Å². The number of unbranched alkanes of at least 4 members (excludes halogenated alkanes) is 3. The van der Waals surface area contributed by atoms with E-state index < -0.39 is 7.73 Å². The lowest BCUT2D eigenvalue weighted by Gasteiger charge is -2.03. The standard InChI is InChI=1S/C12H18ClO2P/c13-16(14)15-11-7-2-1-4-8-12-9-5-3-6-10-12/h3,5-6,9-10,14H,1-2,4,7-8,11H2. The van der Waals surface area contributed by atoms with Crippen molar-refractivity contribution in [2.45, 2.75) is 32.1 Å². The Balaban J connectivity index is 1.93. The predicted octanol–water partition coefficient (Wildman–Crippen LogP) is 4.26. The number of hydrogen-bond acceptors (Lipinski definition) is 2. The number of aryl methyl sites for hydroxylation is 1. The van der Waals surface area contributed by atoms with Gasteiger partial charge in [0.15, 0.2) is 0 Å². The van der Waals surface area contributed by atoms with Crippen LogP contribution in [-0.4, -0.2) is 11.5 Å². The minimum Gasteiger partial charge on any atom is -0.338 e. The zero-order valence-corrected chi connectivity index (χ0v) is 11.0. The number of halogens is 1. The van der Waals surface area contributed by atoms with Gasteiger partial charge in [0.05, 0.1) is 6.61 Å². The van der Waals surface area contributed by atoms with Crippen molar-refractivity contribution in [3.8, 4) is 0 Å². The van der Waals surface area contributed by atoms with E-state index in [1.54, 1.807) is 0 Å². The van der Waals surface area contributed by atoms with E-state index in [0.29, 0.717) is 6.61 Å². The predicted molar refractivity (Wildman–Crippen MR) is 69.6 cm³/mol. The van der Waals surface area contributed by atoms with Crippen molar-refractivity contribution in [1.29, 1.82) is 0 Å². The third kappa shape index (κ3) is 7.19.